The molecule has 2 aromatic carbocycles. The van der Waals surface area contributed by atoms with E-state index >= 15 is 0 Å². The van der Waals surface area contributed by atoms with E-state index < -0.39 is 0 Å². The molecule has 1 fully saturated rings. The Morgan fingerprint density at radius 1 is 1.17 bits per heavy atom. The Bertz CT molecular complexity index is 888. The van der Waals surface area contributed by atoms with Crippen molar-refractivity contribution in [3.8, 4) is 5.75 Å². The molecule has 0 N–H and O–H groups in total. The largest absolute Gasteiger partial charge is 0.484 e. The van der Waals surface area contributed by atoms with Gasteiger partial charge >= 0.3 is 0 Å². The van der Waals surface area contributed by atoms with Gasteiger partial charge in [0, 0.05) is 36.7 Å². The maximum Gasteiger partial charge on any atom is 0.260 e. The quantitative estimate of drug-likeness (QED) is 0.654. The van der Waals surface area contributed by atoms with Crippen LogP contribution in [0.1, 0.15) is 37.5 Å². The third kappa shape index (κ3) is 5.32. The van der Waals surface area contributed by atoms with E-state index in [1.165, 1.54) is 12.1 Å². The fourth-order valence-electron chi connectivity index (χ4n) is 3.97. The van der Waals surface area contributed by atoms with Crippen LogP contribution in [0.25, 0.3) is 0 Å². The molecule has 0 aromatic heterocycles. The number of piperazine rings is 1. The molecule has 6 heteroatoms. The first kappa shape index (κ1) is 22.6. The Morgan fingerprint density at radius 2 is 1.87 bits per heavy atom. The van der Waals surface area contributed by atoms with Gasteiger partial charge in [0.05, 0.1) is 0 Å². The molecule has 0 saturated carbocycles. The van der Waals surface area contributed by atoms with Crippen molar-refractivity contribution in [2.45, 2.75) is 52.7 Å². The summed E-state index contributed by atoms with van der Waals surface area (Å²) in [6, 6.07) is 10.7. The molecule has 1 aliphatic heterocycles. The lowest BCUT2D eigenvalue weighted by molar-refractivity contribution is -0.139. The van der Waals surface area contributed by atoms with Gasteiger partial charge in [-0.15, -0.1) is 0 Å². The van der Waals surface area contributed by atoms with E-state index in [0.717, 1.165) is 41.2 Å². The highest BCUT2D eigenvalue weighted by Gasteiger charge is 2.32. The standard InChI is InChI=1S/C24H30ClFN2O2/c1-5-20-11-22(10-16(2)24(20)25)30-15-23(29)28-13-17(3)27(12-18(28)4)14-19-6-8-21(26)9-7-19/h6-11,17-18H,5,12-15H2,1-4H3/t17-,18+/m1/s1. The molecule has 0 unspecified atom stereocenters. The second-order valence-electron chi connectivity index (χ2n) is 8.16. The van der Waals surface area contributed by atoms with Gasteiger partial charge in [0.15, 0.2) is 6.61 Å². The average molecular weight is 433 g/mol. The van der Waals surface area contributed by atoms with Crippen LogP contribution in [-0.4, -0.2) is 47.5 Å². The summed E-state index contributed by atoms with van der Waals surface area (Å²) in [7, 11) is 0. The molecule has 2 atom stereocenters. The van der Waals surface area contributed by atoms with Crippen LogP contribution in [0.4, 0.5) is 4.39 Å². The minimum absolute atomic E-state index is 0.0126. The number of carbonyl (C=O) groups is 1. The smallest absolute Gasteiger partial charge is 0.260 e. The van der Waals surface area contributed by atoms with Gasteiger partial charge in [-0.2, -0.15) is 0 Å². The molecule has 162 valence electrons. The Balaban J connectivity index is 1.58. The van der Waals surface area contributed by atoms with Gasteiger partial charge in [-0.1, -0.05) is 30.7 Å². The second kappa shape index (κ2) is 9.80. The number of hydrogen-bond acceptors (Lipinski definition) is 3. The molecule has 1 heterocycles. The molecule has 1 saturated heterocycles. The van der Waals surface area contributed by atoms with Gasteiger partial charge in [-0.25, -0.2) is 4.39 Å². The Hall–Kier alpha value is -2.11. The highest BCUT2D eigenvalue weighted by atomic mass is 35.5. The SMILES string of the molecule is CCc1cc(OCC(=O)N2C[C@@H](C)N(Cc3ccc(F)cc3)C[C@@H]2C)cc(C)c1Cl. The predicted octanol–water partition coefficient (Wildman–Crippen LogP) is 4.85. The van der Waals surface area contributed by atoms with Gasteiger partial charge < -0.3 is 9.64 Å². The van der Waals surface area contributed by atoms with Gasteiger partial charge in [0.2, 0.25) is 0 Å². The average Bonchev–Trinajstić information content (AvgIpc) is 2.72. The lowest BCUT2D eigenvalue weighted by Crippen LogP contribution is -2.58. The minimum atomic E-state index is -0.225. The van der Waals surface area contributed by atoms with Crippen LogP contribution in [0.5, 0.6) is 5.75 Å². The van der Waals surface area contributed by atoms with Crippen molar-refractivity contribution in [3.63, 3.8) is 0 Å². The summed E-state index contributed by atoms with van der Waals surface area (Å²) < 4.78 is 19.0. The summed E-state index contributed by atoms with van der Waals surface area (Å²) in [6.07, 6.45) is 0.815. The number of aryl methyl sites for hydroxylation is 2. The zero-order chi connectivity index (χ0) is 21.8. The molecule has 4 nitrogen and oxygen atoms in total. The number of halogens is 2. The first-order valence-electron chi connectivity index (χ1n) is 10.5. The molecular weight excluding hydrogens is 403 g/mol. The molecule has 0 radical (unpaired) electrons. The second-order valence-corrected chi connectivity index (χ2v) is 8.53. The summed E-state index contributed by atoms with van der Waals surface area (Å²) in [5.41, 5.74) is 3.05. The number of ether oxygens (including phenoxy) is 1. The number of rotatable bonds is 6. The zero-order valence-electron chi connectivity index (χ0n) is 18.1. The summed E-state index contributed by atoms with van der Waals surface area (Å²) in [5, 5.41) is 0.760. The minimum Gasteiger partial charge on any atom is -0.484 e. The third-order valence-corrected chi connectivity index (χ3v) is 6.32. The van der Waals surface area contributed by atoms with Crippen LogP contribution < -0.4 is 4.74 Å². The first-order chi connectivity index (χ1) is 14.3. The first-order valence-corrected chi connectivity index (χ1v) is 10.9. The van der Waals surface area contributed by atoms with Crippen LogP contribution in [0.2, 0.25) is 5.02 Å². The van der Waals surface area contributed by atoms with Crippen molar-refractivity contribution >= 4 is 17.5 Å². The lowest BCUT2D eigenvalue weighted by Gasteiger charge is -2.44. The van der Waals surface area contributed by atoms with Gasteiger partial charge in [-0.3, -0.25) is 9.69 Å². The molecule has 0 aliphatic carbocycles. The molecule has 2 aromatic rings. The number of benzene rings is 2. The Kier molecular flexibility index (Phi) is 7.37. The van der Waals surface area contributed by atoms with Crippen molar-refractivity contribution in [2.24, 2.45) is 0 Å². The lowest BCUT2D eigenvalue weighted by atomic mass is 10.1. The number of amides is 1. The highest BCUT2D eigenvalue weighted by Crippen LogP contribution is 2.27. The molecule has 0 bridgehead atoms. The van der Waals surface area contributed by atoms with Gasteiger partial charge in [-0.05, 0) is 68.1 Å². The Morgan fingerprint density at radius 3 is 2.53 bits per heavy atom. The fraction of sp³-hybridized carbons (Fsp3) is 0.458. The number of hydrogen-bond donors (Lipinski definition) is 0. The van der Waals surface area contributed by atoms with Crippen LogP contribution in [0, 0.1) is 12.7 Å². The third-order valence-electron chi connectivity index (χ3n) is 5.78. The van der Waals surface area contributed by atoms with Crippen LogP contribution in [0.3, 0.4) is 0 Å². The molecular formula is C24H30ClFN2O2. The number of nitrogens with zero attached hydrogens (tertiary/aromatic N) is 2. The van der Waals surface area contributed by atoms with Crippen molar-refractivity contribution in [2.75, 3.05) is 19.7 Å². The summed E-state index contributed by atoms with van der Waals surface area (Å²) in [4.78, 5) is 17.1. The fourth-order valence-corrected chi connectivity index (χ4v) is 4.21. The van der Waals surface area contributed by atoms with Gasteiger partial charge in [0.25, 0.3) is 5.91 Å². The van der Waals surface area contributed by atoms with Crippen LogP contribution in [0.15, 0.2) is 36.4 Å². The molecule has 1 aliphatic rings. The van der Waals surface area contributed by atoms with E-state index in [4.69, 9.17) is 16.3 Å². The van der Waals surface area contributed by atoms with Crippen molar-refractivity contribution in [1.29, 1.82) is 0 Å². The van der Waals surface area contributed by atoms with E-state index in [9.17, 15) is 9.18 Å². The van der Waals surface area contributed by atoms with E-state index in [0.29, 0.717) is 12.3 Å². The van der Waals surface area contributed by atoms with E-state index in [-0.39, 0.29) is 30.4 Å². The van der Waals surface area contributed by atoms with Crippen LogP contribution in [-0.2, 0) is 17.8 Å². The zero-order valence-corrected chi connectivity index (χ0v) is 18.9. The van der Waals surface area contributed by atoms with Crippen molar-refractivity contribution < 1.29 is 13.9 Å². The van der Waals surface area contributed by atoms with Gasteiger partial charge in [0.1, 0.15) is 11.6 Å². The monoisotopic (exact) mass is 432 g/mol. The number of carbonyl (C=O) groups excluding carboxylic acids is 1. The molecule has 1 amide bonds. The molecule has 30 heavy (non-hydrogen) atoms. The van der Waals surface area contributed by atoms with Crippen LogP contribution >= 0.6 is 11.6 Å². The molecule has 0 spiro atoms. The van der Waals surface area contributed by atoms with E-state index in [2.05, 4.69) is 18.7 Å². The van der Waals surface area contributed by atoms with E-state index in [1.54, 1.807) is 0 Å². The topological polar surface area (TPSA) is 32.8 Å². The van der Waals surface area contributed by atoms with Crippen molar-refractivity contribution in [1.82, 2.24) is 9.80 Å². The maximum absolute atomic E-state index is 13.1. The summed E-state index contributed by atoms with van der Waals surface area (Å²) in [5.74, 6) is 0.441. The Labute approximate surface area is 183 Å². The summed E-state index contributed by atoms with van der Waals surface area (Å²) >= 11 is 6.31. The highest BCUT2D eigenvalue weighted by molar-refractivity contribution is 6.32. The predicted molar refractivity (Wildman–Crippen MR) is 119 cm³/mol. The summed E-state index contributed by atoms with van der Waals surface area (Å²) in [6.45, 7) is 10.3. The molecule has 3 rings (SSSR count). The maximum atomic E-state index is 13.1. The van der Waals surface area contributed by atoms with Crippen molar-refractivity contribution in [3.05, 3.63) is 63.9 Å². The van der Waals surface area contributed by atoms with E-state index in [1.807, 2.05) is 43.0 Å². The normalized spacial score (nSPS) is 19.7.